The van der Waals surface area contributed by atoms with Crippen LogP contribution in [-0.4, -0.2) is 46.1 Å². The van der Waals surface area contributed by atoms with Gasteiger partial charge in [-0.15, -0.1) is 5.06 Å². The molecule has 0 unspecified atom stereocenters. The van der Waals surface area contributed by atoms with Crippen LogP contribution < -0.4 is 0 Å². The molecule has 3 aliphatic rings. The topological polar surface area (TPSA) is 101 Å². The molecule has 2 aliphatic heterocycles. The first-order chi connectivity index (χ1) is 12.0. The smallest absolute Gasteiger partial charge is 0.330 e. The van der Waals surface area contributed by atoms with Crippen molar-refractivity contribution in [1.82, 2.24) is 9.96 Å². The average Bonchev–Trinajstić information content (AvgIpc) is 3.09. The first kappa shape index (κ1) is 17.3. The van der Waals surface area contributed by atoms with E-state index in [0.717, 1.165) is 12.8 Å². The number of imide groups is 2. The second-order valence-corrected chi connectivity index (χ2v) is 6.66. The molecule has 0 N–H and O–H groups in total. The molecular weight excluding hydrogens is 328 g/mol. The van der Waals surface area contributed by atoms with Crippen molar-refractivity contribution in [1.29, 1.82) is 0 Å². The van der Waals surface area contributed by atoms with Crippen molar-refractivity contribution < 1.29 is 28.8 Å². The van der Waals surface area contributed by atoms with Crippen LogP contribution in [0.4, 0.5) is 0 Å². The Morgan fingerprint density at radius 3 is 2.08 bits per heavy atom. The van der Waals surface area contributed by atoms with Gasteiger partial charge >= 0.3 is 5.97 Å². The van der Waals surface area contributed by atoms with Crippen LogP contribution in [0.1, 0.15) is 44.9 Å². The molecule has 0 spiro atoms. The Bertz CT molecular complexity index is 614. The van der Waals surface area contributed by atoms with Crippen molar-refractivity contribution >= 4 is 29.6 Å². The molecular formula is C17H20N2O6. The molecule has 4 amide bonds. The molecule has 1 saturated heterocycles. The van der Waals surface area contributed by atoms with Gasteiger partial charge in [0.05, 0.1) is 5.92 Å². The van der Waals surface area contributed by atoms with Crippen LogP contribution in [0.25, 0.3) is 0 Å². The Morgan fingerprint density at radius 1 is 0.960 bits per heavy atom. The Labute approximate surface area is 144 Å². The quantitative estimate of drug-likeness (QED) is 0.679. The Hall–Kier alpha value is -2.51. The van der Waals surface area contributed by atoms with Gasteiger partial charge in [0.15, 0.2) is 0 Å². The van der Waals surface area contributed by atoms with Crippen LogP contribution in [0.3, 0.4) is 0 Å². The summed E-state index contributed by atoms with van der Waals surface area (Å²) in [4.78, 5) is 64.3. The van der Waals surface area contributed by atoms with Gasteiger partial charge in [0.2, 0.25) is 0 Å². The van der Waals surface area contributed by atoms with Gasteiger partial charge in [-0.2, -0.15) is 0 Å². The molecule has 1 aliphatic carbocycles. The Kier molecular flexibility index (Phi) is 4.96. The maximum atomic E-state index is 12.1. The minimum Gasteiger partial charge on any atom is -0.330 e. The van der Waals surface area contributed by atoms with Crippen LogP contribution in [0.15, 0.2) is 12.2 Å². The van der Waals surface area contributed by atoms with Crippen LogP contribution in [0, 0.1) is 11.8 Å². The maximum absolute atomic E-state index is 12.1. The highest BCUT2D eigenvalue weighted by molar-refractivity contribution is 6.12. The minimum absolute atomic E-state index is 0.0850. The van der Waals surface area contributed by atoms with E-state index in [9.17, 15) is 24.0 Å². The van der Waals surface area contributed by atoms with E-state index in [0.29, 0.717) is 36.8 Å². The molecule has 2 fully saturated rings. The summed E-state index contributed by atoms with van der Waals surface area (Å²) in [5, 5.41) is 0.589. The zero-order valence-corrected chi connectivity index (χ0v) is 13.8. The molecule has 0 aromatic rings. The molecule has 0 radical (unpaired) electrons. The molecule has 8 nitrogen and oxygen atoms in total. The van der Waals surface area contributed by atoms with Crippen molar-refractivity contribution in [3.8, 4) is 0 Å². The summed E-state index contributed by atoms with van der Waals surface area (Å²) in [5.74, 6) is -2.02. The fourth-order valence-corrected chi connectivity index (χ4v) is 3.47. The summed E-state index contributed by atoms with van der Waals surface area (Å²) in [6, 6.07) is 0. The third kappa shape index (κ3) is 3.78. The largest absolute Gasteiger partial charge is 0.336 e. The van der Waals surface area contributed by atoms with Gasteiger partial charge in [0.25, 0.3) is 23.6 Å². The van der Waals surface area contributed by atoms with Crippen LogP contribution >= 0.6 is 0 Å². The first-order valence-electron chi connectivity index (χ1n) is 8.57. The van der Waals surface area contributed by atoms with E-state index in [1.807, 2.05) is 0 Å². The molecule has 134 valence electrons. The maximum Gasteiger partial charge on any atom is 0.336 e. The predicted octanol–water partition coefficient (Wildman–Crippen LogP) is 0.715. The van der Waals surface area contributed by atoms with Gasteiger partial charge in [-0.25, -0.2) is 4.79 Å². The van der Waals surface area contributed by atoms with Crippen molar-refractivity contribution in [3.63, 3.8) is 0 Å². The molecule has 25 heavy (non-hydrogen) atoms. The van der Waals surface area contributed by atoms with Crippen LogP contribution in [0.2, 0.25) is 0 Å². The van der Waals surface area contributed by atoms with Gasteiger partial charge < -0.3 is 4.84 Å². The fourth-order valence-electron chi connectivity index (χ4n) is 3.47. The highest BCUT2D eigenvalue weighted by atomic mass is 16.7. The summed E-state index contributed by atoms with van der Waals surface area (Å²) in [5.41, 5.74) is 0. The lowest BCUT2D eigenvalue weighted by molar-refractivity contribution is -0.201. The molecule has 8 heteroatoms. The minimum atomic E-state index is -0.531. The standard InChI is InChI=1S/C17H20N2O6/c20-13-5-6-14(21)18(13)10-9-11-1-3-12(4-2-11)17(24)25-19-15(22)7-8-16(19)23/h5-6,11-12H,1-4,7-10H2. The lowest BCUT2D eigenvalue weighted by atomic mass is 9.80. The summed E-state index contributed by atoms with van der Waals surface area (Å²) in [7, 11) is 0. The lowest BCUT2D eigenvalue weighted by Gasteiger charge is -2.28. The van der Waals surface area contributed by atoms with Gasteiger partial charge in [0, 0.05) is 31.5 Å². The van der Waals surface area contributed by atoms with Gasteiger partial charge in [-0.3, -0.25) is 24.1 Å². The molecule has 0 aromatic carbocycles. The van der Waals surface area contributed by atoms with E-state index in [1.165, 1.54) is 17.1 Å². The molecule has 0 atom stereocenters. The van der Waals surface area contributed by atoms with Crippen molar-refractivity contribution in [3.05, 3.63) is 12.2 Å². The van der Waals surface area contributed by atoms with E-state index in [1.54, 1.807) is 0 Å². The third-order valence-corrected chi connectivity index (χ3v) is 5.03. The second-order valence-electron chi connectivity index (χ2n) is 6.66. The van der Waals surface area contributed by atoms with Crippen LogP contribution in [0.5, 0.6) is 0 Å². The van der Waals surface area contributed by atoms with Gasteiger partial charge in [0.1, 0.15) is 0 Å². The number of rotatable bonds is 5. The zero-order valence-electron chi connectivity index (χ0n) is 13.8. The molecule has 2 heterocycles. The number of hydrogen-bond donors (Lipinski definition) is 0. The average molecular weight is 348 g/mol. The third-order valence-electron chi connectivity index (χ3n) is 5.03. The first-order valence-corrected chi connectivity index (χ1v) is 8.57. The van der Waals surface area contributed by atoms with Crippen LogP contribution in [-0.2, 0) is 28.8 Å². The van der Waals surface area contributed by atoms with Gasteiger partial charge in [-0.1, -0.05) is 0 Å². The van der Waals surface area contributed by atoms with E-state index >= 15 is 0 Å². The van der Waals surface area contributed by atoms with Gasteiger partial charge in [-0.05, 0) is 38.0 Å². The molecule has 0 bridgehead atoms. The highest BCUT2D eigenvalue weighted by Crippen LogP contribution is 2.32. The number of hydroxylamine groups is 2. The summed E-state index contributed by atoms with van der Waals surface area (Å²) >= 11 is 0. The summed E-state index contributed by atoms with van der Waals surface area (Å²) < 4.78 is 0. The predicted molar refractivity (Wildman–Crippen MR) is 83.1 cm³/mol. The van der Waals surface area contributed by atoms with E-state index in [4.69, 9.17) is 4.84 Å². The normalized spacial score (nSPS) is 26.7. The lowest BCUT2D eigenvalue weighted by Crippen LogP contribution is -2.36. The zero-order chi connectivity index (χ0) is 18.0. The molecule has 1 saturated carbocycles. The molecule has 3 rings (SSSR count). The number of nitrogens with zero attached hydrogens (tertiary/aromatic N) is 2. The number of carbonyl (C=O) groups is 5. The van der Waals surface area contributed by atoms with E-state index < -0.39 is 17.8 Å². The fraction of sp³-hybridized carbons (Fsp3) is 0.588. The van der Waals surface area contributed by atoms with Crippen molar-refractivity contribution in [2.75, 3.05) is 6.54 Å². The number of amides is 4. The Balaban J connectivity index is 1.42. The Morgan fingerprint density at radius 2 is 1.52 bits per heavy atom. The number of hydrogen-bond acceptors (Lipinski definition) is 6. The second kappa shape index (κ2) is 7.16. The van der Waals surface area contributed by atoms with Crippen molar-refractivity contribution in [2.24, 2.45) is 11.8 Å². The monoisotopic (exact) mass is 348 g/mol. The van der Waals surface area contributed by atoms with E-state index in [-0.39, 0.29) is 30.6 Å². The summed E-state index contributed by atoms with van der Waals surface area (Å²) in [6.45, 7) is 0.390. The number of carbonyl (C=O) groups excluding carboxylic acids is 5. The highest BCUT2D eigenvalue weighted by Gasteiger charge is 2.36. The summed E-state index contributed by atoms with van der Waals surface area (Å²) in [6.07, 6.45) is 6.22. The SMILES string of the molecule is O=C(ON1C(=O)CCC1=O)C1CCC(CCN2C(=O)C=CC2=O)CC1. The van der Waals surface area contributed by atoms with Crippen molar-refractivity contribution in [2.45, 2.75) is 44.9 Å². The molecule has 0 aromatic heterocycles. The van der Waals surface area contributed by atoms with E-state index in [2.05, 4.69) is 0 Å².